The normalized spacial score (nSPS) is 12.3. The minimum atomic E-state index is -0.500. The second-order valence-electron chi connectivity index (χ2n) is 3.26. The van der Waals surface area contributed by atoms with Gasteiger partial charge in [-0.05, 0) is 31.5 Å². The number of ether oxygens (including phenoxy) is 2. The molecule has 0 spiro atoms. The first kappa shape index (κ1) is 11.9. The van der Waals surface area contributed by atoms with E-state index < -0.39 is 6.10 Å². The largest absolute Gasteiger partial charge is 0.496 e. The zero-order valence-electron chi connectivity index (χ0n) is 9.49. The van der Waals surface area contributed by atoms with Crippen molar-refractivity contribution in [1.29, 1.82) is 0 Å². The van der Waals surface area contributed by atoms with Crippen LogP contribution in [0.2, 0.25) is 0 Å². The molecule has 0 radical (unpaired) electrons. The molecule has 0 fully saturated rings. The van der Waals surface area contributed by atoms with Gasteiger partial charge >= 0.3 is 0 Å². The number of benzene rings is 1. The first-order valence-electron chi connectivity index (χ1n) is 5.21. The lowest BCUT2D eigenvalue weighted by atomic mass is 10.1. The van der Waals surface area contributed by atoms with Crippen LogP contribution in [-0.2, 0) is 0 Å². The Kier molecular flexibility index (Phi) is 4.43. The van der Waals surface area contributed by atoms with E-state index in [1.807, 2.05) is 32.0 Å². The third-order valence-corrected chi connectivity index (χ3v) is 2.26. The zero-order chi connectivity index (χ0) is 11.3. The zero-order valence-corrected chi connectivity index (χ0v) is 9.49. The molecule has 0 bridgehead atoms. The lowest BCUT2D eigenvalue weighted by Gasteiger charge is -2.14. The highest BCUT2D eigenvalue weighted by molar-refractivity contribution is 5.41. The molecule has 15 heavy (non-hydrogen) atoms. The highest BCUT2D eigenvalue weighted by atomic mass is 16.5. The SMILES string of the molecule is CCOc1ccc(OC)c(C(O)CC)c1. The van der Waals surface area contributed by atoms with Gasteiger partial charge in [-0.2, -0.15) is 0 Å². The van der Waals surface area contributed by atoms with Crippen LogP contribution in [0.15, 0.2) is 18.2 Å². The molecule has 0 aliphatic carbocycles. The average molecular weight is 210 g/mol. The molecule has 0 saturated heterocycles. The maximum atomic E-state index is 9.80. The fourth-order valence-corrected chi connectivity index (χ4v) is 1.45. The molecule has 1 N–H and O–H groups in total. The summed E-state index contributed by atoms with van der Waals surface area (Å²) in [4.78, 5) is 0. The maximum absolute atomic E-state index is 9.80. The Hall–Kier alpha value is -1.22. The molecule has 1 aromatic carbocycles. The molecule has 3 nitrogen and oxygen atoms in total. The minimum Gasteiger partial charge on any atom is -0.496 e. The topological polar surface area (TPSA) is 38.7 Å². The Morgan fingerprint density at radius 1 is 1.33 bits per heavy atom. The van der Waals surface area contributed by atoms with E-state index in [2.05, 4.69) is 0 Å². The van der Waals surface area contributed by atoms with Crippen molar-refractivity contribution in [3.8, 4) is 11.5 Å². The van der Waals surface area contributed by atoms with Crippen molar-refractivity contribution in [3.63, 3.8) is 0 Å². The summed E-state index contributed by atoms with van der Waals surface area (Å²) in [5.41, 5.74) is 0.783. The average Bonchev–Trinajstić information content (AvgIpc) is 2.28. The lowest BCUT2D eigenvalue weighted by Crippen LogP contribution is -2.00. The first-order chi connectivity index (χ1) is 7.22. The third-order valence-electron chi connectivity index (χ3n) is 2.26. The van der Waals surface area contributed by atoms with Gasteiger partial charge in [-0.15, -0.1) is 0 Å². The monoisotopic (exact) mass is 210 g/mol. The summed E-state index contributed by atoms with van der Waals surface area (Å²) in [6.07, 6.45) is 0.159. The van der Waals surface area contributed by atoms with Crippen LogP contribution in [0.4, 0.5) is 0 Å². The van der Waals surface area contributed by atoms with Crippen molar-refractivity contribution >= 4 is 0 Å². The van der Waals surface area contributed by atoms with E-state index in [4.69, 9.17) is 9.47 Å². The van der Waals surface area contributed by atoms with Crippen molar-refractivity contribution in [1.82, 2.24) is 0 Å². The van der Waals surface area contributed by atoms with Gasteiger partial charge in [0.25, 0.3) is 0 Å². The predicted octanol–water partition coefficient (Wildman–Crippen LogP) is 2.54. The maximum Gasteiger partial charge on any atom is 0.124 e. The molecule has 0 aliphatic rings. The second kappa shape index (κ2) is 5.61. The van der Waals surface area contributed by atoms with E-state index in [9.17, 15) is 5.11 Å². The summed E-state index contributed by atoms with van der Waals surface area (Å²) < 4.78 is 10.6. The van der Waals surface area contributed by atoms with E-state index in [1.54, 1.807) is 7.11 Å². The lowest BCUT2D eigenvalue weighted by molar-refractivity contribution is 0.168. The van der Waals surface area contributed by atoms with Crippen LogP contribution in [0, 0.1) is 0 Å². The van der Waals surface area contributed by atoms with Crippen LogP contribution < -0.4 is 9.47 Å². The van der Waals surface area contributed by atoms with E-state index >= 15 is 0 Å². The van der Waals surface area contributed by atoms with Gasteiger partial charge in [-0.1, -0.05) is 6.92 Å². The summed E-state index contributed by atoms with van der Waals surface area (Å²) in [7, 11) is 1.60. The molecule has 84 valence electrons. The van der Waals surface area contributed by atoms with Gasteiger partial charge < -0.3 is 14.6 Å². The molecule has 1 atom stereocenters. The number of aliphatic hydroxyl groups excluding tert-OH is 1. The molecule has 0 saturated carbocycles. The number of hydrogen-bond donors (Lipinski definition) is 1. The number of rotatable bonds is 5. The van der Waals surface area contributed by atoms with Crippen LogP contribution in [0.1, 0.15) is 31.9 Å². The fraction of sp³-hybridized carbons (Fsp3) is 0.500. The molecule has 3 heteroatoms. The number of hydrogen-bond acceptors (Lipinski definition) is 3. The molecule has 0 aliphatic heterocycles. The van der Waals surface area contributed by atoms with Gasteiger partial charge in [0, 0.05) is 5.56 Å². The molecule has 0 amide bonds. The van der Waals surface area contributed by atoms with Gasteiger partial charge in [0.1, 0.15) is 11.5 Å². The quantitative estimate of drug-likeness (QED) is 0.811. The van der Waals surface area contributed by atoms with Crippen molar-refractivity contribution in [2.24, 2.45) is 0 Å². The molecule has 0 aromatic heterocycles. The Balaban J connectivity index is 3.01. The van der Waals surface area contributed by atoms with Gasteiger partial charge in [0.15, 0.2) is 0 Å². The Bertz CT molecular complexity index is 310. The highest BCUT2D eigenvalue weighted by Gasteiger charge is 2.12. The van der Waals surface area contributed by atoms with Crippen molar-refractivity contribution < 1.29 is 14.6 Å². The van der Waals surface area contributed by atoms with Crippen LogP contribution >= 0.6 is 0 Å². The first-order valence-corrected chi connectivity index (χ1v) is 5.21. The van der Waals surface area contributed by atoms with Gasteiger partial charge in [0.05, 0.1) is 19.8 Å². The smallest absolute Gasteiger partial charge is 0.124 e. The Morgan fingerprint density at radius 3 is 2.60 bits per heavy atom. The van der Waals surface area contributed by atoms with Crippen LogP contribution in [0.25, 0.3) is 0 Å². The van der Waals surface area contributed by atoms with E-state index in [1.165, 1.54) is 0 Å². The van der Waals surface area contributed by atoms with Gasteiger partial charge in [0.2, 0.25) is 0 Å². The Morgan fingerprint density at radius 2 is 2.07 bits per heavy atom. The number of methoxy groups -OCH3 is 1. The molecular weight excluding hydrogens is 192 g/mol. The van der Waals surface area contributed by atoms with Crippen molar-refractivity contribution in [2.75, 3.05) is 13.7 Å². The van der Waals surface area contributed by atoms with Crippen LogP contribution in [0.3, 0.4) is 0 Å². The van der Waals surface area contributed by atoms with Crippen LogP contribution in [0.5, 0.6) is 11.5 Å². The molecule has 0 heterocycles. The summed E-state index contributed by atoms with van der Waals surface area (Å²) in [5, 5.41) is 9.80. The summed E-state index contributed by atoms with van der Waals surface area (Å²) >= 11 is 0. The summed E-state index contributed by atoms with van der Waals surface area (Å²) in [5.74, 6) is 1.47. The standard InChI is InChI=1S/C12H18O3/c1-4-11(13)10-8-9(15-5-2)6-7-12(10)14-3/h6-8,11,13H,4-5H2,1-3H3. The highest BCUT2D eigenvalue weighted by Crippen LogP contribution is 2.30. The summed E-state index contributed by atoms with van der Waals surface area (Å²) in [6, 6.07) is 5.49. The molecule has 1 unspecified atom stereocenters. The molecular formula is C12H18O3. The van der Waals surface area contributed by atoms with E-state index in [0.717, 1.165) is 11.3 Å². The third kappa shape index (κ3) is 2.86. The second-order valence-corrected chi connectivity index (χ2v) is 3.26. The molecule has 1 rings (SSSR count). The van der Waals surface area contributed by atoms with Crippen LogP contribution in [-0.4, -0.2) is 18.8 Å². The van der Waals surface area contributed by atoms with Gasteiger partial charge in [-0.25, -0.2) is 0 Å². The minimum absolute atomic E-state index is 0.500. The fourth-order valence-electron chi connectivity index (χ4n) is 1.45. The van der Waals surface area contributed by atoms with Crippen molar-refractivity contribution in [2.45, 2.75) is 26.4 Å². The van der Waals surface area contributed by atoms with Gasteiger partial charge in [-0.3, -0.25) is 0 Å². The molecule has 1 aromatic rings. The predicted molar refractivity (Wildman–Crippen MR) is 59.4 cm³/mol. The number of aliphatic hydroxyl groups is 1. The Labute approximate surface area is 90.6 Å². The van der Waals surface area contributed by atoms with Crippen molar-refractivity contribution in [3.05, 3.63) is 23.8 Å². The van der Waals surface area contributed by atoms with E-state index in [0.29, 0.717) is 18.8 Å². The summed E-state index contributed by atoms with van der Waals surface area (Å²) in [6.45, 7) is 4.48. The van der Waals surface area contributed by atoms with E-state index in [-0.39, 0.29) is 0 Å².